The highest BCUT2D eigenvalue weighted by atomic mass is 16.5. The van der Waals surface area contributed by atoms with Gasteiger partial charge in [0.05, 0.1) is 13.7 Å². The number of methoxy groups -OCH3 is 2. The van der Waals surface area contributed by atoms with Crippen molar-refractivity contribution in [3.8, 4) is 5.75 Å². The van der Waals surface area contributed by atoms with Gasteiger partial charge in [0.1, 0.15) is 17.8 Å². The number of nitrogens with one attached hydrogen (secondary N) is 2. The predicted octanol–water partition coefficient (Wildman–Crippen LogP) is 0.268. The molecule has 0 spiro atoms. The Kier molecular flexibility index (Phi) is 5.40. The van der Waals surface area contributed by atoms with Crippen LogP contribution in [-0.4, -0.2) is 55.7 Å². The molecule has 4 amide bonds. The Bertz CT molecular complexity index is 648. The van der Waals surface area contributed by atoms with E-state index in [1.54, 1.807) is 20.1 Å². The highest BCUT2D eigenvalue weighted by molar-refractivity contribution is 6.08. The van der Waals surface area contributed by atoms with Crippen LogP contribution in [0, 0.1) is 0 Å². The fourth-order valence-electron chi connectivity index (χ4n) is 2.52. The Balaban J connectivity index is 1.95. The predicted molar refractivity (Wildman–Crippen MR) is 85.4 cm³/mol. The van der Waals surface area contributed by atoms with Gasteiger partial charge in [0.25, 0.3) is 5.91 Å². The van der Waals surface area contributed by atoms with Crippen LogP contribution >= 0.6 is 0 Å². The number of carbonyl (C=O) groups excluding carboxylic acids is 3. The normalized spacial score (nSPS) is 20.0. The van der Waals surface area contributed by atoms with Gasteiger partial charge in [-0.1, -0.05) is 18.2 Å². The molecule has 130 valence electrons. The molecule has 2 N–H and O–H groups in total. The van der Waals surface area contributed by atoms with Crippen LogP contribution in [0.4, 0.5) is 4.79 Å². The van der Waals surface area contributed by atoms with E-state index < -0.39 is 23.4 Å². The van der Waals surface area contributed by atoms with Crippen molar-refractivity contribution in [1.29, 1.82) is 0 Å². The molecule has 24 heavy (non-hydrogen) atoms. The Labute approximate surface area is 140 Å². The van der Waals surface area contributed by atoms with Crippen molar-refractivity contribution in [2.45, 2.75) is 19.0 Å². The zero-order valence-corrected chi connectivity index (χ0v) is 13.9. The summed E-state index contributed by atoms with van der Waals surface area (Å²) in [6.07, 6.45) is 0. The van der Waals surface area contributed by atoms with Crippen molar-refractivity contribution in [2.75, 3.05) is 27.4 Å². The highest BCUT2D eigenvalue weighted by Crippen LogP contribution is 2.18. The first-order valence-electron chi connectivity index (χ1n) is 7.43. The van der Waals surface area contributed by atoms with Crippen molar-refractivity contribution in [3.05, 3.63) is 29.8 Å². The second kappa shape index (κ2) is 7.31. The maximum Gasteiger partial charge on any atom is 0.325 e. The van der Waals surface area contributed by atoms with Gasteiger partial charge in [0, 0.05) is 19.2 Å². The third-order valence-electron chi connectivity index (χ3n) is 3.75. The quantitative estimate of drug-likeness (QED) is 0.697. The fourth-order valence-corrected chi connectivity index (χ4v) is 2.52. The number of benzene rings is 1. The first-order valence-corrected chi connectivity index (χ1v) is 7.43. The van der Waals surface area contributed by atoms with E-state index >= 15 is 0 Å². The summed E-state index contributed by atoms with van der Waals surface area (Å²) in [7, 11) is 2.98. The van der Waals surface area contributed by atoms with E-state index in [4.69, 9.17) is 9.47 Å². The molecular weight excluding hydrogens is 314 g/mol. The Morgan fingerprint density at radius 2 is 2.00 bits per heavy atom. The lowest BCUT2D eigenvalue weighted by atomic mass is 10.0. The standard InChI is InChI=1S/C16H21N3O5/c1-16(10-23-2)14(21)19(15(22)18-16)9-13(20)17-8-11-6-4-5-7-12(11)24-3/h4-7H,8-10H2,1-3H3,(H,17,20)(H,18,22)/t16-/m0/s1. The van der Waals surface area contributed by atoms with Gasteiger partial charge in [-0.3, -0.25) is 14.5 Å². The van der Waals surface area contributed by atoms with E-state index in [2.05, 4.69) is 10.6 Å². The van der Waals surface area contributed by atoms with Crippen LogP contribution in [0.3, 0.4) is 0 Å². The second-order valence-electron chi connectivity index (χ2n) is 5.68. The first-order chi connectivity index (χ1) is 11.4. The molecule has 8 heteroatoms. The molecule has 0 aromatic heterocycles. The maximum absolute atomic E-state index is 12.3. The average molecular weight is 335 g/mol. The van der Waals surface area contributed by atoms with E-state index in [1.165, 1.54) is 7.11 Å². The number of ether oxygens (including phenoxy) is 2. The van der Waals surface area contributed by atoms with Gasteiger partial charge in [-0.2, -0.15) is 0 Å². The number of carbonyl (C=O) groups is 3. The third kappa shape index (κ3) is 3.65. The number of hydrogen-bond donors (Lipinski definition) is 2. The molecule has 0 aliphatic carbocycles. The molecule has 1 saturated heterocycles. The largest absolute Gasteiger partial charge is 0.496 e. The summed E-state index contributed by atoms with van der Waals surface area (Å²) in [5.41, 5.74) is -0.343. The summed E-state index contributed by atoms with van der Waals surface area (Å²) in [6, 6.07) is 6.66. The minimum atomic E-state index is -1.14. The summed E-state index contributed by atoms with van der Waals surface area (Å²) in [6.45, 7) is 1.49. The van der Waals surface area contributed by atoms with Crippen LogP contribution in [0.25, 0.3) is 0 Å². The number of rotatable bonds is 7. The molecule has 0 saturated carbocycles. The Hall–Kier alpha value is -2.61. The molecule has 0 radical (unpaired) electrons. The third-order valence-corrected chi connectivity index (χ3v) is 3.75. The molecule has 1 aromatic carbocycles. The summed E-state index contributed by atoms with van der Waals surface area (Å²) in [4.78, 5) is 37.2. The summed E-state index contributed by atoms with van der Waals surface area (Å²) >= 11 is 0. The van der Waals surface area contributed by atoms with Gasteiger partial charge in [0.15, 0.2) is 0 Å². The highest BCUT2D eigenvalue weighted by Gasteiger charge is 2.48. The minimum absolute atomic E-state index is 0.0386. The van der Waals surface area contributed by atoms with Gasteiger partial charge in [-0.25, -0.2) is 4.79 Å². The molecule has 1 aliphatic heterocycles. The molecule has 1 atom stereocenters. The van der Waals surface area contributed by atoms with Gasteiger partial charge < -0.3 is 20.1 Å². The lowest BCUT2D eigenvalue weighted by Crippen LogP contribution is -2.48. The number of hydrogen-bond acceptors (Lipinski definition) is 5. The molecule has 2 rings (SSSR count). The van der Waals surface area contributed by atoms with E-state index in [0.717, 1.165) is 10.5 Å². The summed E-state index contributed by atoms with van der Waals surface area (Å²) in [5.74, 6) is -0.270. The maximum atomic E-state index is 12.3. The molecule has 8 nitrogen and oxygen atoms in total. The van der Waals surface area contributed by atoms with Crippen LogP contribution in [0.15, 0.2) is 24.3 Å². The molecule has 1 heterocycles. The smallest absolute Gasteiger partial charge is 0.325 e. The lowest BCUT2D eigenvalue weighted by Gasteiger charge is -2.20. The average Bonchev–Trinajstić information content (AvgIpc) is 2.76. The van der Waals surface area contributed by atoms with Gasteiger partial charge in [0.2, 0.25) is 5.91 Å². The van der Waals surface area contributed by atoms with Crippen LogP contribution < -0.4 is 15.4 Å². The van der Waals surface area contributed by atoms with Crippen molar-refractivity contribution in [3.63, 3.8) is 0 Å². The monoisotopic (exact) mass is 335 g/mol. The van der Waals surface area contributed by atoms with Gasteiger partial charge in [-0.05, 0) is 13.0 Å². The second-order valence-corrected chi connectivity index (χ2v) is 5.68. The lowest BCUT2D eigenvalue weighted by molar-refractivity contribution is -0.135. The first kappa shape index (κ1) is 17.7. The molecule has 1 aliphatic rings. The molecule has 0 unspecified atom stereocenters. The summed E-state index contributed by atoms with van der Waals surface area (Å²) in [5, 5.41) is 5.22. The molecule has 0 bridgehead atoms. The van der Waals surface area contributed by atoms with E-state index in [0.29, 0.717) is 5.75 Å². The van der Waals surface area contributed by atoms with Gasteiger partial charge in [-0.15, -0.1) is 0 Å². The Morgan fingerprint density at radius 1 is 1.29 bits per heavy atom. The topological polar surface area (TPSA) is 97.0 Å². The SMILES string of the molecule is COC[C@]1(C)NC(=O)N(CC(=O)NCc2ccccc2OC)C1=O. The molecular formula is C16H21N3O5. The van der Waals surface area contributed by atoms with Crippen molar-refractivity contribution in [1.82, 2.24) is 15.5 Å². The number of imide groups is 1. The zero-order chi connectivity index (χ0) is 17.7. The Morgan fingerprint density at radius 3 is 2.67 bits per heavy atom. The van der Waals surface area contributed by atoms with E-state index in [9.17, 15) is 14.4 Å². The van der Waals surface area contributed by atoms with Crippen LogP contribution in [0.5, 0.6) is 5.75 Å². The van der Waals surface area contributed by atoms with E-state index in [1.807, 2.05) is 18.2 Å². The van der Waals surface area contributed by atoms with Crippen molar-refractivity contribution < 1.29 is 23.9 Å². The number of urea groups is 1. The number of para-hydroxylation sites is 1. The zero-order valence-electron chi connectivity index (χ0n) is 13.9. The van der Waals surface area contributed by atoms with Gasteiger partial charge >= 0.3 is 6.03 Å². The van der Waals surface area contributed by atoms with Crippen LogP contribution in [0.1, 0.15) is 12.5 Å². The van der Waals surface area contributed by atoms with Crippen LogP contribution in [-0.2, 0) is 20.9 Å². The number of amides is 4. The van der Waals surface area contributed by atoms with E-state index in [-0.39, 0.29) is 19.7 Å². The number of nitrogens with zero attached hydrogens (tertiary/aromatic N) is 1. The van der Waals surface area contributed by atoms with Crippen molar-refractivity contribution >= 4 is 17.8 Å². The van der Waals surface area contributed by atoms with Crippen LogP contribution in [0.2, 0.25) is 0 Å². The molecule has 1 fully saturated rings. The fraction of sp³-hybridized carbons (Fsp3) is 0.438. The van der Waals surface area contributed by atoms with Crippen molar-refractivity contribution in [2.24, 2.45) is 0 Å². The minimum Gasteiger partial charge on any atom is -0.496 e. The molecule has 1 aromatic rings. The summed E-state index contributed by atoms with van der Waals surface area (Å²) < 4.78 is 10.2.